The Morgan fingerprint density at radius 1 is 1.15 bits per heavy atom. The van der Waals surface area contributed by atoms with Crippen LogP contribution in [-0.2, 0) is 0 Å². The van der Waals surface area contributed by atoms with Crippen molar-refractivity contribution in [2.75, 3.05) is 33.2 Å². The fraction of sp³-hybridized carbons (Fsp3) is 0.579. The minimum atomic E-state index is -0.497. The number of carbonyl (C=O) groups excluding carboxylic acids is 1. The Hall–Kier alpha value is -1.38. The first kappa shape index (κ1) is 20.9. The molecular weight excluding hydrogens is 446 g/mol. The maximum absolute atomic E-state index is 13.6. The van der Waals surface area contributed by atoms with Gasteiger partial charge in [0.05, 0.1) is 5.56 Å². The minimum Gasteiger partial charge on any atom is -0.354 e. The summed E-state index contributed by atoms with van der Waals surface area (Å²) in [6.45, 7) is 3.14. The van der Waals surface area contributed by atoms with Gasteiger partial charge in [-0.05, 0) is 36.8 Å². The highest BCUT2D eigenvalue weighted by molar-refractivity contribution is 14.0. The molecule has 2 atom stereocenters. The normalized spacial score (nSPS) is 22.4. The number of benzene rings is 1. The molecule has 1 aromatic rings. The molecule has 1 aromatic carbocycles. The molecule has 26 heavy (non-hydrogen) atoms. The van der Waals surface area contributed by atoms with Gasteiger partial charge in [-0.3, -0.25) is 9.79 Å². The number of halogens is 2. The number of hydrogen-bond donors (Lipinski definition) is 2. The van der Waals surface area contributed by atoms with E-state index in [1.807, 2.05) is 0 Å². The van der Waals surface area contributed by atoms with E-state index in [9.17, 15) is 9.18 Å². The van der Waals surface area contributed by atoms with Gasteiger partial charge in [0.15, 0.2) is 5.96 Å². The van der Waals surface area contributed by atoms with Crippen LogP contribution in [0.1, 0.15) is 36.0 Å². The Kier molecular flexibility index (Phi) is 8.12. The summed E-state index contributed by atoms with van der Waals surface area (Å²) in [5, 5.41) is 6.05. The Bertz CT molecular complexity index is 626. The number of guanidine groups is 1. The highest BCUT2D eigenvalue weighted by Crippen LogP contribution is 2.35. The van der Waals surface area contributed by atoms with Crippen molar-refractivity contribution in [1.82, 2.24) is 15.5 Å². The van der Waals surface area contributed by atoms with Gasteiger partial charge in [0.1, 0.15) is 5.82 Å². The van der Waals surface area contributed by atoms with Gasteiger partial charge in [-0.1, -0.05) is 25.0 Å². The van der Waals surface area contributed by atoms with Crippen molar-refractivity contribution < 1.29 is 9.18 Å². The predicted octanol–water partition coefficient (Wildman–Crippen LogP) is 2.87. The molecule has 2 unspecified atom stereocenters. The number of nitrogens with zero attached hydrogens (tertiary/aromatic N) is 2. The molecule has 1 heterocycles. The lowest BCUT2D eigenvalue weighted by Crippen LogP contribution is -2.43. The van der Waals surface area contributed by atoms with Crippen molar-refractivity contribution in [3.05, 3.63) is 35.6 Å². The Morgan fingerprint density at radius 3 is 2.38 bits per heavy atom. The third kappa shape index (κ3) is 5.08. The molecule has 2 aliphatic rings. The molecule has 1 aliphatic carbocycles. The van der Waals surface area contributed by atoms with Crippen molar-refractivity contribution >= 4 is 35.8 Å². The van der Waals surface area contributed by atoms with E-state index in [-0.39, 0.29) is 35.4 Å². The first-order valence-electron chi connectivity index (χ1n) is 9.17. The molecule has 0 radical (unpaired) electrons. The molecular formula is C19H28FIN4O. The van der Waals surface area contributed by atoms with Crippen LogP contribution in [0.5, 0.6) is 0 Å². The molecule has 3 rings (SSSR count). The third-order valence-electron chi connectivity index (χ3n) is 5.30. The van der Waals surface area contributed by atoms with E-state index in [2.05, 4.69) is 20.5 Å². The molecule has 2 fully saturated rings. The van der Waals surface area contributed by atoms with Crippen molar-refractivity contribution in [1.29, 1.82) is 0 Å². The summed E-state index contributed by atoms with van der Waals surface area (Å²) in [6, 6.07) is 6.01. The maximum atomic E-state index is 13.6. The monoisotopic (exact) mass is 474 g/mol. The minimum absolute atomic E-state index is 0. The number of aliphatic imine (C=N–C) groups is 1. The van der Waals surface area contributed by atoms with Crippen LogP contribution in [0, 0.1) is 17.7 Å². The van der Waals surface area contributed by atoms with Gasteiger partial charge < -0.3 is 15.5 Å². The summed E-state index contributed by atoms with van der Waals surface area (Å²) in [5.41, 5.74) is 0.0792. The largest absolute Gasteiger partial charge is 0.354 e. The van der Waals surface area contributed by atoms with E-state index < -0.39 is 5.82 Å². The first-order chi connectivity index (χ1) is 12.2. The summed E-state index contributed by atoms with van der Waals surface area (Å²) in [5.74, 6) is 1.61. The van der Waals surface area contributed by atoms with E-state index >= 15 is 0 Å². The number of likely N-dealkylation sites (tertiary alicyclic amines) is 1. The molecule has 0 bridgehead atoms. The molecule has 1 aliphatic heterocycles. The van der Waals surface area contributed by atoms with E-state index in [1.165, 1.54) is 37.8 Å². The van der Waals surface area contributed by atoms with Crippen LogP contribution < -0.4 is 10.6 Å². The fourth-order valence-electron chi connectivity index (χ4n) is 4.00. The van der Waals surface area contributed by atoms with Gasteiger partial charge in [-0.15, -0.1) is 24.0 Å². The zero-order valence-electron chi connectivity index (χ0n) is 15.2. The van der Waals surface area contributed by atoms with Gasteiger partial charge in [-0.2, -0.15) is 0 Å². The van der Waals surface area contributed by atoms with Crippen LogP contribution >= 0.6 is 24.0 Å². The third-order valence-corrected chi connectivity index (χ3v) is 5.30. The Morgan fingerprint density at radius 2 is 1.77 bits per heavy atom. The molecule has 2 N–H and O–H groups in total. The van der Waals surface area contributed by atoms with E-state index in [1.54, 1.807) is 19.2 Å². The molecule has 0 spiro atoms. The summed E-state index contributed by atoms with van der Waals surface area (Å²) >= 11 is 0. The smallest absolute Gasteiger partial charge is 0.254 e. The summed E-state index contributed by atoms with van der Waals surface area (Å²) < 4.78 is 13.6. The Balaban J connectivity index is 0.00000243. The van der Waals surface area contributed by atoms with Gasteiger partial charge in [0.2, 0.25) is 0 Å². The molecule has 1 saturated carbocycles. The lowest BCUT2D eigenvalue weighted by Gasteiger charge is -2.22. The standard InChI is InChI=1S/C19H27FN4O.HI/c1-21-19(24-12-14-6-2-3-7-15(14)13-24)23-11-10-22-18(25)16-8-4-5-9-17(16)20;/h4-5,8-9,14-15H,2-3,6-7,10-13H2,1H3,(H,21,23)(H,22,25);1H. The molecule has 144 valence electrons. The van der Waals surface area contributed by atoms with Crippen LogP contribution in [0.25, 0.3) is 0 Å². The second kappa shape index (κ2) is 10.1. The Labute approximate surface area is 171 Å². The summed E-state index contributed by atoms with van der Waals surface area (Å²) in [4.78, 5) is 18.7. The highest BCUT2D eigenvalue weighted by Gasteiger charge is 2.35. The predicted molar refractivity (Wildman–Crippen MR) is 113 cm³/mol. The van der Waals surface area contributed by atoms with Gasteiger partial charge in [-0.25, -0.2) is 4.39 Å². The molecule has 1 amide bonds. The number of fused-ring (bicyclic) bond motifs is 1. The zero-order chi connectivity index (χ0) is 17.6. The second-order valence-corrected chi connectivity index (χ2v) is 6.92. The van der Waals surface area contributed by atoms with Crippen molar-refractivity contribution in [3.8, 4) is 0 Å². The summed E-state index contributed by atoms with van der Waals surface area (Å²) in [7, 11) is 1.79. The highest BCUT2D eigenvalue weighted by atomic mass is 127. The van der Waals surface area contributed by atoms with E-state index in [0.29, 0.717) is 13.1 Å². The number of nitrogens with one attached hydrogen (secondary N) is 2. The molecule has 1 saturated heterocycles. The number of hydrogen-bond acceptors (Lipinski definition) is 2. The average Bonchev–Trinajstić information content (AvgIpc) is 3.05. The topological polar surface area (TPSA) is 56.7 Å². The quantitative estimate of drug-likeness (QED) is 0.306. The second-order valence-electron chi connectivity index (χ2n) is 6.92. The van der Waals surface area contributed by atoms with Gasteiger partial charge >= 0.3 is 0 Å². The van der Waals surface area contributed by atoms with Crippen LogP contribution in [0.2, 0.25) is 0 Å². The molecule has 0 aromatic heterocycles. The fourth-order valence-corrected chi connectivity index (χ4v) is 4.00. The van der Waals surface area contributed by atoms with Crippen molar-refractivity contribution in [2.24, 2.45) is 16.8 Å². The lowest BCUT2D eigenvalue weighted by atomic mass is 9.82. The van der Waals surface area contributed by atoms with Crippen molar-refractivity contribution in [3.63, 3.8) is 0 Å². The lowest BCUT2D eigenvalue weighted by molar-refractivity contribution is 0.0950. The molecule has 5 nitrogen and oxygen atoms in total. The molecule has 7 heteroatoms. The average molecular weight is 474 g/mol. The van der Waals surface area contributed by atoms with Crippen LogP contribution in [0.4, 0.5) is 4.39 Å². The van der Waals surface area contributed by atoms with Gasteiger partial charge in [0, 0.05) is 33.2 Å². The van der Waals surface area contributed by atoms with Crippen LogP contribution in [-0.4, -0.2) is 50.0 Å². The van der Waals surface area contributed by atoms with Crippen molar-refractivity contribution in [2.45, 2.75) is 25.7 Å². The first-order valence-corrected chi connectivity index (χ1v) is 9.17. The van der Waals surface area contributed by atoms with E-state index in [0.717, 1.165) is 30.9 Å². The van der Waals surface area contributed by atoms with Crippen LogP contribution in [0.3, 0.4) is 0 Å². The maximum Gasteiger partial charge on any atom is 0.254 e. The number of amides is 1. The SMILES string of the molecule is CN=C(NCCNC(=O)c1ccccc1F)N1CC2CCCCC2C1.I. The van der Waals surface area contributed by atoms with E-state index in [4.69, 9.17) is 0 Å². The van der Waals surface area contributed by atoms with Crippen LogP contribution in [0.15, 0.2) is 29.3 Å². The van der Waals surface area contributed by atoms with Gasteiger partial charge in [0.25, 0.3) is 5.91 Å². The zero-order valence-corrected chi connectivity index (χ0v) is 17.5. The summed E-state index contributed by atoms with van der Waals surface area (Å²) in [6.07, 6.45) is 5.36. The number of carbonyl (C=O) groups is 1. The number of rotatable bonds is 4.